The molecule has 0 bridgehead atoms. The Morgan fingerprint density at radius 1 is 0.492 bits per heavy atom. The molecule has 1 aliphatic rings. The number of ether oxygens (including phenoxy) is 2. The fourth-order valence-corrected chi connectivity index (χ4v) is 8.62. The van der Waals surface area contributed by atoms with Gasteiger partial charge in [0.1, 0.15) is 43.2 Å². The number of unbranched alkanes of at least 4 members (excludes halogenated alkanes) is 18. The van der Waals surface area contributed by atoms with E-state index in [2.05, 4.69) is 67.0 Å². The summed E-state index contributed by atoms with van der Waals surface area (Å²) in [5.74, 6) is -1.23. The molecule has 65 heavy (non-hydrogen) atoms. The number of allylic oxidation sites excluding steroid dienone is 8. The Morgan fingerprint density at radius 2 is 0.892 bits per heavy atom. The first-order valence-corrected chi connectivity index (χ1v) is 27.2. The van der Waals surface area contributed by atoms with E-state index >= 15 is 0 Å². The van der Waals surface area contributed by atoms with Gasteiger partial charge in [-0.25, -0.2) is 9.13 Å². The first-order valence-electron chi connectivity index (χ1n) is 24.2. The summed E-state index contributed by atoms with van der Waals surface area (Å²) in [6.07, 6.45) is 27.7. The van der Waals surface area contributed by atoms with Crippen molar-refractivity contribution < 1.29 is 76.9 Å². The zero-order chi connectivity index (χ0) is 48.2. The van der Waals surface area contributed by atoms with E-state index in [1.807, 2.05) is 0 Å². The Labute approximate surface area is 388 Å². The van der Waals surface area contributed by atoms with Gasteiger partial charge < -0.3 is 44.6 Å². The molecule has 0 amide bonds. The highest BCUT2D eigenvalue weighted by molar-refractivity contribution is 7.47. The van der Waals surface area contributed by atoms with Gasteiger partial charge in [-0.2, -0.15) is 0 Å². The third kappa shape index (κ3) is 32.4. The van der Waals surface area contributed by atoms with Crippen molar-refractivity contribution in [2.45, 2.75) is 224 Å². The number of carbonyl (C=O) groups is 2. The number of phosphoric acid groups is 2. The first kappa shape index (κ1) is 61.0. The number of phosphoric ester groups is 2. The molecule has 1 fully saturated rings. The summed E-state index contributed by atoms with van der Waals surface area (Å²) in [7, 11) is -10.7. The predicted molar refractivity (Wildman–Crippen MR) is 250 cm³/mol. The van der Waals surface area contributed by atoms with Crippen LogP contribution >= 0.6 is 15.6 Å². The van der Waals surface area contributed by atoms with E-state index in [-0.39, 0.29) is 12.8 Å². The molecule has 0 aliphatic heterocycles. The summed E-state index contributed by atoms with van der Waals surface area (Å²) < 4.78 is 49.4. The maximum absolute atomic E-state index is 13.0. The molecule has 0 aromatic rings. The van der Waals surface area contributed by atoms with Crippen LogP contribution < -0.4 is 0 Å². The molecule has 8 atom stereocenters. The molecule has 1 rings (SSSR count). The minimum absolute atomic E-state index is 0.0252. The molecule has 378 valence electrons. The SMILES string of the molecule is CCCCC/C=C\C/C=C\CCCCCCCCCC(=O)OC[C@H](COP(=O)(O)O[C@H]1C(O)C(O)C(O)[C@@H](OP(=O)(O)O)C1O)OC(=O)CCCCCCC/C=C\C/C=C\CCCCC. The van der Waals surface area contributed by atoms with Crippen LogP contribution in [0.5, 0.6) is 0 Å². The van der Waals surface area contributed by atoms with Crippen molar-refractivity contribution in [2.24, 2.45) is 0 Å². The first-order chi connectivity index (χ1) is 31.1. The van der Waals surface area contributed by atoms with Crippen LogP contribution in [0.4, 0.5) is 0 Å². The van der Waals surface area contributed by atoms with E-state index in [0.717, 1.165) is 103 Å². The molecular weight excluding hydrogens is 882 g/mol. The molecule has 18 heteroatoms. The van der Waals surface area contributed by atoms with Crippen molar-refractivity contribution in [2.75, 3.05) is 13.2 Å². The highest BCUT2D eigenvalue weighted by atomic mass is 31.2. The summed E-state index contributed by atoms with van der Waals surface area (Å²) in [6.45, 7) is 3.04. The second-order valence-corrected chi connectivity index (χ2v) is 19.4. The van der Waals surface area contributed by atoms with E-state index < -0.39 is 83.5 Å². The maximum atomic E-state index is 13.0. The number of esters is 2. The molecular formula is C47H84O16P2. The van der Waals surface area contributed by atoms with Gasteiger partial charge in [-0.3, -0.25) is 23.2 Å². The largest absolute Gasteiger partial charge is 0.472 e. The molecule has 1 aliphatic carbocycles. The highest BCUT2D eigenvalue weighted by Crippen LogP contribution is 2.49. The Morgan fingerprint density at radius 3 is 1.34 bits per heavy atom. The molecule has 0 heterocycles. The molecule has 0 aromatic carbocycles. The minimum Gasteiger partial charge on any atom is -0.462 e. The quantitative estimate of drug-likeness (QED) is 0.0131. The van der Waals surface area contributed by atoms with Crippen molar-refractivity contribution >= 4 is 27.6 Å². The zero-order valence-corrected chi connectivity index (χ0v) is 40.9. The van der Waals surface area contributed by atoms with Crippen LogP contribution in [0, 0.1) is 0 Å². The van der Waals surface area contributed by atoms with Crippen molar-refractivity contribution in [3.63, 3.8) is 0 Å². The van der Waals surface area contributed by atoms with Crippen LogP contribution in [-0.2, 0) is 41.8 Å². The molecule has 0 radical (unpaired) electrons. The van der Waals surface area contributed by atoms with E-state index in [1.165, 1.54) is 38.5 Å². The second kappa shape index (κ2) is 37.9. The number of aliphatic hydroxyl groups is 4. The fraction of sp³-hybridized carbons (Fsp3) is 0.787. The van der Waals surface area contributed by atoms with Crippen LogP contribution in [0.15, 0.2) is 48.6 Å². The van der Waals surface area contributed by atoms with Gasteiger partial charge in [-0.1, -0.05) is 140 Å². The summed E-state index contributed by atoms with van der Waals surface area (Å²) in [5.41, 5.74) is 0. The van der Waals surface area contributed by atoms with Crippen molar-refractivity contribution in [1.29, 1.82) is 0 Å². The molecule has 0 aromatic heterocycles. The molecule has 0 spiro atoms. The summed E-state index contributed by atoms with van der Waals surface area (Å²) >= 11 is 0. The van der Waals surface area contributed by atoms with Crippen LogP contribution in [-0.4, -0.2) is 103 Å². The standard InChI is InChI=1S/C47H84O16P2/c1-3-5-7-9-11-13-15-17-19-20-22-23-25-27-29-31-33-35-40(48)59-37-39(61-41(49)36-34-32-30-28-26-24-21-18-16-14-12-10-8-6-4-2)38-60-65(57,58)63-47-44(52)42(50)43(51)46(45(47)53)62-64(54,55)56/h11-14,17-19,21,39,42-47,50-53H,3-10,15-16,20,22-38H2,1-2H3,(H,57,58)(H2,54,55,56)/b13-11-,14-12-,19-17-,21-18-/t39-,42?,43?,44?,45?,46-,47+/m1/s1. The van der Waals surface area contributed by atoms with Gasteiger partial charge in [0.25, 0.3) is 0 Å². The predicted octanol–water partition coefficient (Wildman–Crippen LogP) is 9.29. The number of hydrogen-bond donors (Lipinski definition) is 7. The van der Waals surface area contributed by atoms with Crippen molar-refractivity contribution in [3.8, 4) is 0 Å². The summed E-state index contributed by atoms with van der Waals surface area (Å²) in [5, 5.41) is 41.2. The average Bonchev–Trinajstić information content (AvgIpc) is 3.26. The van der Waals surface area contributed by atoms with E-state index in [9.17, 15) is 53.8 Å². The van der Waals surface area contributed by atoms with Crippen LogP contribution in [0.25, 0.3) is 0 Å². The van der Waals surface area contributed by atoms with Crippen LogP contribution in [0.1, 0.15) is 181 Å². The second-order valence-electron chi connectivity index (χ2n) is 16.8. The normalized spacial score (nSPS) is 22.0. The highest BCUT2D eigenvalue weighted by Gasteiger charge is 2.54. The Balaban J connectivity index is 2.59. The topological polar surface area (TPSA) is 256 Å². The molecule has 5 unspecified atom stereocenters. The maximum Gasteiger partial charge on any atom is 0.472 e. The molecule has 1 saturated carbocycles. The Bertz CT molecular complexity index is 1450. The van der Waals surface area contributed by atoms with Gasteiger partial charge in [0.05, 0.1) is 6.61 Å². The minimum atomic E-state index is -5.37. The van der Waals surface area contributed by atoms with E-state index in [1.54, 1.807) is 0 Å². The molecule has 0 saturated heterocycles. The smallest absolute Gasteiger partial charge is 0.462 e. The van der Waals surface area contributed by atoms with E-state index in [4.69, 9.17) is 18.5 Å². The lowest BCUT2D eigenvalue weighted by atomic mass is 9.85. The van der Waals surface area contributed by atoms with Crippen LogP contribution in [0.3, 0.4) is 0 Å². The molecule has 7 N–H and O–H groups in total. The number of carbonyl (C=O) groups excluding carboxylic acids is 2. The number of rotatable bonds is 40. The lowest BCUT2D eigenvalue weighted by molar-refractivity contribution is -0.216. The Kier molecular flexibility index (Phi) is 35.5. The zero-order valence-electron chi connectivity index (χ0n) is 39.2. The van der Waals surface area contributed by atoms with Gasteiger partial charge in [0.2, 0.25) is 0 Å². The monoisotopic (exact) mass is 967 g/mol. The van der Waals surface area contributed by atoms with Gasteiger partial charge in [0.15, 0.2) is 6.10 Å². The van der Waals surface area contributed by atoms with Gasteiger partial charge in [-0.15, -0.1) is 0 Å². The third-order valence-corrected chi connectivity index (χ3v) is 12.4. The average molecular weight is 967 g/mol. The third-order valence-electron chi connectivity index (χ3n) is 10.9. The van der Waals surface area contributed by atoms with Gasteiger partial charge >= 0.3 is 27.6 Å². The Hall–Kier alpha value is -2.04. The number of hydrogen-bond acceptors (Lipinski definition) is 13. The molecule has 16 nitrogen and oxygen atoms in total. The fourth-order valence-electron chi connectivity index (χ4n) is 7.09. The summed E-state index contributed by atoms with van der Waals surface area (Å²) in [4.78, 5) is 54.3. The van der Waals surface area contributed by atoms with Crippen LogP contribution in [0.2, 0.25) is 0 Å². The van der Waals surface area contributed by atoms with Gasteiger partial charge in [0, 0.05) is 12.8 Å². The van der Waals surface area contributed by atoms with Crippen molar-refractivity contribution in [1.82, 2.24) is 0 Å². The van der Waals surface area contributed by atoms with E-state index in [0.29, 0.717) is 12.8 Å². The lowest BCUT2D eigenvalue weighted by Crippen LogP contribution is -2.64. The van der Waals surface area contributed by atoms with Gasteiger partial charge in [-0.05, 0) is 77.0 Å². The van der Waals surface area contributed by atoms with Crippen molar-refractivity contribution in [3.05, 3.63) is 48.6 Å². The number of aliphatic hydroxyl groups excluding tert-OH is 4. The lowest BCUT2D eigenvalue weighted by Gasteiger charge is -2.43. The summed E-state index contributed by atoms with van der Waals surface area (Å²) in [6, 6.07) is 0.